The highest BCUT2D eigenvalue weighted by Crippen LogP contribution is 2.43. The Morgan fingerprint density at radius 2 is 2.25 bits per heavy atom. The monoisotopic (exact) mass is 291 g/mol. The molecule has 2 rings (SSSR count). The van der Waals surface area contributed by atoms with Gasteiger partial charge in [0.1, 0.15) is 11.9 Å². The van der Waals surface area contributed by atoms with Gasteiger partial charge in [0, 0.05) is 20.4 Å². The average Bonchev–Trinajstić information content (AvgIpc) is 2.61. The van der Waals surface area contributed by atoms with Crippen molar-refractivity contribution in [1.29, 1.82) is 0 Å². The summed E-state index contributed by atoms with van der Waals surface area (Å²) in [4.78, 5) is 15.1. The van der Waals surface area contributed by atoms with Crippen molar-refractivity contribution in [3.05, 3.63) is 22.7 Å². The fourth-order valence-electron chi connectivity index (χ4n) is 2.17. The second kappa shape index (κ2) is 5.43. The lowest BCUT2D eigenvalue weighted by atomic mass is 10.1. The van der Waals surface area contributed by atoms with Crippen LogP contribution in [0, 0.1) is 0 Å². The Morgan fingerprint density at radius 3 is 2.80 bits per heavy atom. The van der Waals surface area contributed by atoms with Gasteiger partial charge in [0.2, 0.25) is 6.23 Å². The van der Waals surface area contributed by atoms with Crippen LogP contribution in [0.5, 0.6) is 0 Å². The molecule has 0 radical (unpaired) electrons. The molecule has 0 aromatic carbocycles. The zero-order valence-electron chi connectivity index (χ0n) is 11.0. The van der Waals surface area contributed by atoms with Crippen molar-refractivity contribution in [3.63, 3.8) is 0 Å². The largest absolute Gasteiger partial charge is 0.383 e. The van der Waals surface area contributed by atoms with Crippen LogP contribution in [0.25, 0.3) is 0 Å². The zero-order valence-corrected chi connectivity index (χ0v) is 11.0. The number of nitrogen functional groups attached to an aromatic ring is 1. The topological polar surface area (TPSA) is 88.6 Å². The summed E-state index contributed by atoms with van der Waals surface area (Å²) < 4.78 is 44.1. The van der Waals surface area contributed by atoms with Crippen LogP contribution in [-0.2, 0) is 14.2 Å². The molecule has 0 unspecified atom stereocenters. The van der Waals surface area contributed by atoms with Crippen LogP contribution >= 0.6 is 0 Å². The maximum absolute atomic E-state index is 14.3. The molecule has 2 N–H and O–H groups in total. The highest BCUT2D eigenvalue weighted by molar-refractivity contribution is 5.23. The summed E-state index contributed by atoms with van der Waals surface area (Å²) in [7, 11) is 2.51. The van der Waals surface area contributed by atoms with Crippen molar-refractivity contribution in [1.82, 2.24) is 9.55 Å². The molecular formula is C11H15F2N3O4. The lowest BCUT2D eigenvalue weighted by molar-refractivity contribution is -0.147. The van der Waals surface area contributed by atoms with Gasteiger partial charge in [0.15, 0.2) is 6.10 Å². The van der Waals surface area contributed by atoms with E-state index >= 15 is 0 Å². The van der Waals surface area contributed by atoms with Crippen LogP contribution in [0.2, 0.25) is 0 Å². The molecule has 1 fully saturated rings. The summed E-state index contributed by atoms with van der Waals surface area (Å²) in [6.45, 7) is -0.0816. The molecule has 0 bridgehead atoms. The molecule has 0 saturated carbocycles. The third-order valence-corrected chi connectivity index (χ3v) is 3.04. The van der Waals surface area contributed by atoms with Crippen LogP contribution in [-0.4, -0.2) is 48.5 Å². The number of aromatic nitrogens is 2. The van der Waals surface area contributed by atoms with Crippen molar-refractivity contribution in [2.45, 2.75) is 24.4 Å². The molecule has 0 spiro atoms. The van der Waals surface area contributed by atoms with Crippen LogP contribution in [0.4, 0.5) is 14.6 Å². The van der Waals surface area contributed by atoms with Gasteiger partial charge in [-0.3, -0.25) is 4.57 Å². The van der Waals surface area contributed by atoms with E-state index < -0.39 is 30.0 Å². The minimum Gasteiger partial charge on any atom is -0.383 e. The van der Waals surface area contributed by atoms with E-state index in [0.717, 1.165) is 13.3 Å². The number of hydrogen-bond acceptors (Lipinski definition) is 6. The molecule has 1 aromatic rings. The molecule has 7 nitrogen and oxygen atoms in total. The molecule has 1 aromatic heterocycles. The Kier molecular flexibility index (Phi) is 4.02. The second-order valence-electron chi connectivity index (χ2n) is 4.36. The van der Waals surface area contributed by atoms with Gasteiger partial charge in [-0.05, 0) is 6.07 Å². The number of hydrogen-bond donors (Lipinski definition) is 1. The van der Waals surface area contributed by atoms with Gasteiger partial charge >= 0.3 is 11.6 Å². The Labute approximate surface area is 113 Å². The lowest BCUT2D eigenvalue weighted by Crippen LogP contribution is -2.43. The van der Waals surface area contributed by atoms with Crippen LogP contribution in [0.15, 0.2) is 17.1 Å². The van der Waals surface area contributed by atoms with Gasteiger partial charge in [-0.25, -0.2) is 4.79 Å². The molecule has 9 heteroatoms. The molecule has 2 heterocycles. The van der Waals surface area contributed by atoms with Crippen molar-refractivity contribution in [2.24, 2.45) is 0 Å². The van der Waals surface area contributed by atoms with E-state index in [1.807, 2.05) is 0 Å². The SMILES string of the molecule is COC[C@H]1O[C@@H](n2ccc(N)nc2=O)C(F)(F)[C@H]1OC. The van der Waals surface area contributed by atoms with Gasteiger partial charge < -0.3 is 19.9 Å². The van der Waals surface area contributed by atoms with Gasteiger partial charge in [-0.1, -0.05) is 0 Å². The first-order valence-electron chi connectivity index (χ1n) is 5.81. The minimum atomic E-state index is -3.40. The summed E-state index contributed by atoms with van der Waals surface area (Å²) >= 11 is 0. The summed E-state index contributed by atoms with van der Waals surface area (Å²) in [6.07, 6.45) is -3.20. The Balaban J connectivity index is 2.38. The number of nitrogens with two attached hydrogens (primary N) is 1. The van der Waals surface area contributed by atoms with Crippen LogP contribution in [0.3, 0.4) is 0 Å². The molecule has 3 atom stereocenters. The summed E-state index contributed by atoms with van der Waals surface area (Å²) in [5.74, 6) is -3.45. The number of nitrogens with zero attached hydrogens (tertiary/aromatic N) is 2. The molecule has 0 aliphatic carbocycles. The number of alkyl halides is 2. The fourth-order valence-corrected chi connectivity index (χ4v) is 2.17. The van der Waals surface area contributed by atoms with Gasteiger partial charge in [-0.15, -0.1) is 0 Å². The number of anilines is 1. The Hall–Kier alpha value is -1.58. The smallest absolute Gasteiger partial charge is 0.351 e. The van der Waals surface area contributed by atoms with Gasteiger partial charge in [-0.2, -0.15) is 13.8 Å². The predicted octanol–water partition coefficient (Wildman–Crippen LogP) is 0.0196. The normalized spacial score (nSPS) is 28.7. The average molecular weight is 291 g/mol. The van der Waals surface area contributed by atoms with Gasteiger partial charge in [0.05, 0.1) is 6.61 Å². The molecule has 0 amide bonds. The molecule has 1 aliphatic rings. The number of halogens is 2. The molecule has 112 valence electrons. The quantitative estimate of drug-likeness (QED) is 0.841. The second-order valence-corrected chi connectivity index (χ2v) is 4.36. The summed E-state index contributed by atoms with van der Waals surface area (Å²) in [6, 6.07) is 1.24. The Bertz CT molecular complexity index is 537. The van der Waals surface area contributed by atoms with E-state index in [4.69, 9.17) is 19.9 Å². The highest BCUT2D eigenvalue weighted by Gasteiger charge is 2.60. The van der Waals surface area contributed by atoms with E-state index in [1.165, 1.54) is 13.2 Å². The molecule has 1 saturated heterocycles. The number of rotatable bonds is 4. The number of ether oxygens (including phenoxy) is 3. The maximum Gasteiger partial charge on any atom is 0.351 e. The van der Waals surface area contributed by atoms with E-state index in [1.54, 1.807) is 0 Å². The minimum absolute atomic E-state index is 0.0516. The first-order valence-corrected chi connectivity index (χ1v) is 5.81. The number of methoxy groups -OCH3 is 2. The lowest BCUT2D eigenvalue weighted by Gasteiger charge is -2.22. The van der Waals surface area contributed by atoms with Gasteiger partial charge in [0.25, 0.3) is 0 Å². The third kappa shape index (κ3) is 2.39. The Morgan fingerprint density at radius 1 is 1.55 bits per heavy atom. The van der Waals surface area contributed by atoms with E-state index in [2.05, 4.69) is 4.98 Å². The summed E-state index contributed by atoms with van der Waals surface area (Å²) in [5.41, 5.74) is 4.41. The van der Waals surface area contributed by atoms with E-state index in [9.17, 15) is 13.6 Å². The van der Waals surface area contributed by atoms with E-state index in [-0.39, 0.29) is 12.4 Å². The first-order chi connectivity index (χ1) is 9.41. The van der Waals surface area contributed by atoms with Crippen molar-refractivity contribution in [3.8, 4) is 0 Å². The highest BCUT2D eigenvalue weighted by atomic mass is 19.3. The first kappa shape index (κ1) is 14.8. The molecular weight excluding hydrogens is 276 g/mol. The van der Waals surface area contributed by atoms with Crippen LogP contribution < -0.4 is 11.4 Å². The standard InChI is InChI=1S/C11H15F2N3O4/c1-18-5-6-8(19-2)11(12,13)9(20-6)16-4-3-7(14)15-10(16)17/h3-4,6,8-9H,5H2,1-2H3,(H2,14,15,17)/t6-,8+,9-/m1/s1. The zero-order chi connectivity index (χ0) is 14.9. The molecule has 1 aliphatic heterocycles. The maximum atomic E-state index is 14.3. The third-order valence-electron chi connectivity index (χ3n) is 3.04. The van der Waals surface area contributed by atoms with Crippen molar-refractivity contribution >= 4 is 5.82 Å². The fraction of sp³-hybridized carbons (Fsp3) is 0.636. The van der Waals surface area contributed by atoms with Crippen molar-refractivity contribution in [2.75, 3.05) is 26.6 Å². The molecule has 20 heavy (non-hydrogen) atoms. The van der Waals surface area contributed by atoms with E-state index in [0.29, 0.717) is 4.57 Å². The predicted molar refractivity (Wildman–Crippen MR) is 64.4 cm³/mol. The van der Waals surface area contributed by atoms with Crippen LogP contribution in [0.1, 0.15) is 6.23 Å². The summed E-state index contributed by atoms with van der Waals surface area (Å²) in [5, 5.41) is 0. The van der Waals surface area contributed by atoms with Crippen molar-refractivity contribution < 1.29 is 23.0 Å².